The van der Waals surface area contributed by atoms with Crippen LogP contribution < -0.4 is 15.4 Å². The smallest absolute Gasteiger partial charge is 0.261 e. The topological polar surface area (TPSA) is 96.5 Å². The number of hydrogen-bond donors (Lipinski definition) is 3. The first-order valence-electron chi connectivity index (χ1n) is 8.73. The van der Waals surface area contributed by atoms with Gasteiger partial charge in [-0.15, -0.1) is 0 Å². The molecule has 1 fully saturated rings. The third-order valence-corrected chi connectivity index (χ3v) is 5.58. The Bertz CT molecular complexity index is 874. The number of anilines is 2. The standard InChI is InChI=1S/C19H23N3O4S/c1-14-2-8-18(9-3-14)27(24,25)22-16-6-4-15(5-7-16)21-19(23)12-17-13-26-11-10-20-17/h2-9,17,20,22H,10-13H2,1H3,(H,21,23). The van der Waals surface area contributed by atoms with Crippen LogP contribution in [-0.4, -0.2) is 40.1 Å². The summed E-state index contributed by atoms with van der Waals surface area (Å²) in [7, 11) is -3.64. The molecule has 1 saturated heterocycles. The first-order valence-corrected chi connectivity index (χ1v) is 10.2. The van der Waals surface area contributed by atoms with Crippen molar-refractivity contribution in [2.24, 2.45) is 0 Å². The van der Waals surface area contributed by atoms with Crippen molar-refractivity contribution in [2.75, 3.05) is 29.8 Å². The molecule has 1 aliphatic rings. The number of rotatable bonds is 6. The lowest BCUT2D eigenvalue weighted by Crippen LogP contribution is -2.43. The number of hydrogen-bond acceptors (Lipinski definition) is 5. The van der Waals surface area contributed by atoms with Gasteiger partial charge in [0.25, 0.3) is 10.0 Å². The second-order valence-corrected chi connectivity index (χ2v) is 8.16. The predicted octanol–water partition coefficient (Wildman–Crippen LogP) is 2.11. The molecule has 0 radical (unpaired) electrons. The molecule has 8 heteroatoms. The summed E-state index contributed by atoms with van der Waals surface area (Å²) in [5, 5.41) is 6.03. The number of carbonyl (C=O) groups is 1. The Morgan fingerprint density at radius 3 is 2.41 bits per heavy atom. The van der Waals surface area contributed by atoms with E-state index in [-0.39, 0.29) is 16.8 Å². The summed E-state index contributed by atoms with van der Waals surface area (Å²) in [5.74, 6) is -0.119. The average molecular weight is 389 g/mol. The maximum atomic E-state index is 12.4. The van der Waals surface area contributed by atoms with E-state index in [0.717, 1.165) is 12.1 Å². The zero-order chi connectivity index (χ0) is 19.3. The minimum absolute atomic E-state index is 0.0133. The van der Waals surface area contributed by atoms with Crippen molar-refractivity contribution in [3.8, 4) is 0 Å². The van der Waals surface area contributed by atoms with Crippen molar-refractivity contribution in [3.63, 3.8) is 0 Å². The second-order valence-electron chi connectivity index (χ2n) is 6.47. The van der Waals surface area contributed by atoms with Crippen molar-refractivity contribution in [2.45, 2.75) is 24.3 Å². The molecule has 0 spiro atoms. The lowest BCUT2D eigenvalue weighted by atomic mass is 10.2. The van der Waals surface area contributed by atoms with Crippen LogP contribution in [0.5, 0.6) is 0 Å². The summed E-state index contributed by atoms with van der Waals surface area (Å²) in [6.45, 7) is 3.83. The molecule has 144 valence electrons. The van der Waals surface area contributed by atoms with Crippen molar-refractivity contribution >= 4 is 27.3 Å². The number of sulfonamides is 1. The minimum Gasteiger partial charge on any atom is -0.378 e. The monoisotopic (exact) mass is 389 g/mol. The molecule has 3 rings (SSSR count). The lowest BCUT2D eigenvalue weighted by Gasteiger charge is -2.23. The summed E-state index contributed by atoms with van der Waals surface area (Å²) < 4.78 is 32.7. The number of benzene rings is 2. The number of aryl methyl sites for hydroxylation is 1. The highest BCUT2D eigenvalue weighted by Gasteiger charge is 2.17. The highest BCUT2D eigenvalue weighted by Crippen LogP contribution is 2.19. The molecule has 0 saturated carbocycles. The fraction of sp³-hybridized carbons (Fsp3) is 0.316. The summed E-state index contributed by atoms with van der Waals surface area (Å²) in [6.07, 6.45) is 0.321. The lowest BCUT2D eigenvalue weighted by molar-refractivity contribution is -0.117. The van der Waals surface area contributed by atoms with Crippen molar-refractivity contribution in [3.05, 3.63) is 54.1 Å². The quantitative estimate of drug-likeness (QED) is 0.703. The van der Waals surface area contributed by atoms with E-state index in [0.29, 0.717) is 31.0 Å². The molecule has 0 aromatic heterocycles. The van der Waals surface area contributed by atoms with Crippen LogP contribution in [0.15, 0.2) is 53.4 Å². The van der Waals surface area contributed by atoms with Gasteiger partial charge in [0.2, 0.25) is 5.91 Å². The Morgan fingerprint density at radius 2 is 1.78 bits per heavy atom. The minimum atomic E-state index is -3.64. The summed E-state index contributed by atoms with van der Waals surface area (Å²) in [6, 6.07) is 13.2. The van der Waals surface area contributed by atoms with Gasteiger partial charge in [0.05, 0.1) is 18.1 Å². The Kier molecular flexibility index (Phi) is 6.10. The van der Waals surface area contributed by atoms with E-state index >= 15 is 0 Å². The van der Waals surface area contributed by atoms with Crippen LogP contribution >= 0.6 is 0 Å². The van der Waals surface area contributed by atoms with Crippen LogP contribution in [0, 0.1) is 6.92 Å². The first kappa shape index (κ1) is 19.3. The fourth-order valence-electron chi connectivity index (χ4n) is 2.74. The molecule has 7 nitrogen and oxygen atoms in total. The number of nitrogens with one attached hydrogen (secondary N) is 3. The van der Waals surface area contributed by atoms with Crippen LogP contribution in [0.3, 0.4) is 0 Å². The molecule has 0 bridgehead atoms. The van der Waals surface area contributed by atoms with Gasteiger partial charge in [-0.2, -0.15) is 0 Å². The van der Waals surface area contributed by atoms with E-state index in [1.54, 1.807) is 48.5 Å². The molecule has 27 heavy (non-hydrogen) atoms. The third kappa shape index (κ3) is 5.53. The molecule has 0 aliphatic carbocycles. The Morgan fingerprint density at radius 1 is 1.11 bits per heavy atom. The van der Waals surface area contributed by atoms with E-state index in [4.69, 9.17) is 4.74 Å². The largest absolute Gasteiger partial charge is 0.378 e. The highest BCUT2D eigenvalue weighted by molar-refractivity contribution is 7.92. The van der Waals surface area contributed by atoms with Crippen molar-refractivity contribution < 1.29 is 17.9 Å². The van der Waals surface area contributed by atoms with Crippen LogP contribution in [0.4, 0.5) is 11.4 Å². The molecule has 1 aliphatic heterocycles. The molecular weight excluding hydrogens is 366 g/mol. The Balaban J connectivity index is 1.58. The van der Waals surface area contributed by atoms with Gasteiger partial charge >= 0.3 is 0 Å². The van der Waals surface area contributed by atoms with E-state index in [1.807, 2.05) is 6.92 Å². The van der Waals surface area contributed by atoms with Gasteiger partial charge in [-0.25, -0.2) is 8.42 Å². The molecule has 2 aromatic rings. The zero-order valence-corrected chi connectivity index (χ0v) is 15.9. The van der Waals surface area contributed by atoms with Crippen LogP contribution in [0.1, 0.15) is 12.0 Å². The Labute approximate surface area is 159 Å². The Hall–Kier alpha value is -2.42. The molecule has 1 heterocycles. The molecule has 1 amide bonds. The van der Waals surface area contributed by atoms with Crippen LogP contribution in [-0.2, 0) is 19.6 Å². The first-order chi connectivity index (χ1) is 12.9. The molecule has 2 aromatic carbocycles. The number of amides is 1. The normalized spacial score (nSPS) is 17.3. The summed E-state index contributed by atoms with van der Waals surface area (Å²) in [4.78, 5) is 12.3. The molecule has 1 atom stereocenters. The van der Waals surface area contributed by atoms with Gasteiger partial charge < -0.3 is 15.4 Å². The number of ether oxygens (including phenoxy) is 1. The predicted molar refractivity (Wildman–Crippen MR) is 104 cm³/mol. The van der Waals surface area contributed by atoms with E-state index in [1.165, 1.54) is 0 Å². The third-order valence-electron chi connectivity index (χ3n) is 4.18. The fourth-order valence-corrected chi connectivity index (χ4v) is 3.80. The molecule has 3 N–H and O–H groups in total. The van der Waals surface area contributed by atoms with Gasteiger partial charge in [0.1, 0.15) is 0 Å². The zero-order valence-electron chi connectivity index (χ0n) is 15.1. The maximum Gasteiger partial charge on any atom is 0.261 e. The summed E-state index contributed by atoms with van der Waals surface area (Å²) in [5.41, 5.74) is 2.02. The SMILES string of the molecule is Cc1ccc(S(=O)(=O)Nc2ccc(NC(=O)CC3COCCN3)cc2)cc1. The van der Waals surface area contributed by atoms with E-state index in [9.17, 15) is 13.2 Å². The highest BCUT2D eigenvalue weighted by atomic mass is 32.2. The number of morpholine rings is 1. The van der Waals surface area contributed by atoms with Gasteiger partial charge in [0, 0.05) is 30.4 Å². The molecule has 1 unspecified atom stereocenters. The molecular formula is C19H23N3O4S. The summed E-state index contributed by atoms with van der Waals surface area (Å²) >= 11 is 0. The van der Waals surface area contributed by atoms with E-state index < -0.39 is 10.0 Å². The van der Waals surface area contributed by atoms with Crippen molar-refractivity contribution in [1.82, 2.24) is 5.32 Å². The second kappa shape index (κ2) is 8.51. The van der Waals surface area contributed by atoms with Gasteiger partial charge in [-0.05, 0) is 43.3 Å². The average Bonchev–Trinajstić information content (AvgIpc) is 2.64. The van der Waals surface area contributed by atoms with Gasteiger partial charge in [-0.1, -0.05) is 17.7 Å². The number of carbonyl (C=O) groups excluding carboxylic acids is 1. The van der Waals surface area contributed by atoms with Gasteiger partial charge in [0.15, 0.2) is 0 Å². The van der Waals surface area contributed by atoms with Gasteiger partial charge in [-0.3, -0.25) is 9.52 Å². The van der Waals surface area contributed by atoms with Crippen LogP contribution in [0.25, 0.3) is 0 Å². The maximum absolute atomic E-state index is 12.4. The van der Waals surface area contributed by atoms with Crippen LogP contribution in [0.2, 0.25) is 0 Å². The van der Waals surface area contributed by atoms with Crippen molar-refractivity contribution in [1.29, 1.82) is 0 Å². The van der Waals surface area contributed by atoms with E-state index in [2.05, 4.69) is 15.4 Å².